The van der Waals surface area contributed by atoms with Gasteiger partial charge < -0.3 is 46.1 Å². The molecule has 716 valence electrons. The van der Waals surface area contributed by atoms with Gasteiger partial charge >= 0.3 is 0 Å². The van der Waals surface area contributed by atoms with Crippen molar-refractivity contribution in [3.05, 3.63) is 47.9 Å². The van der Waals surface area contributed by atoms with Crippen LogP contribution in [0.3, 0.4) is 0 Å². The van der Waals surface area contributed by atoms with Gasteiger partial charge in [0.25, 0.3) is 0 Å². The first-order valence-electron chi connectivity index (χ1n) is 49.0. The van der Waals surface area contributed by atoms with Gasteiger partial charge in [0.2, 0.25) is 59.1 Å². The van der Waals surface area contributed by atoms with E-state index in [9.17, 15) is 47.9 Å². The van der Waals surface area contributed by atoms with Crippen LogP contribution in [0.4, 0.5) is 0 Å². The van der Waals surface area contributed by atoms with E-state index in [4.69, 9.17) is 14.2 Å². The minimum Gasteiger partial charge on any atom is -0.380 e. The average Bonchev–Trinajstić information content (AvgIpc) is 1.70. The number of carbonyl (C=O) groups is 10. The summed E-state index contributed by atoms with van der Waals surface area (Å²) in [5.74, 6) is 6.90. The van der Waals surface area contributed by atoms with E-state index in [1.54, 1.807) is 42.2 Å². The van der Waals surface area contributed by atoms with E-state index in [2.05, 4.69) is 136 Å². The Hall–Kier alpha value is -4.51. The fraction of sp³-hybridized carbons (Fsp3) is 0.814. The second-order valence-corrected chi connectivity index (χ2v) is 39.1. The summed E-state index contributed by atoms with van der Waals surface area (Å²) < 4.78 is 16.7. The molecule has 0 spiro atoms. The first-order valence-corrected chi connectivity index (χ1v) is 54.5. The summed E-state index contributed by atoms with van der Waals surface area (Å²) in [7, 11) is 0. The van der Waals surface area contributed by atoms with Gasteiger partial charge in [0.15, 0.2) is 0 Å². The Morgan fingerprint density at radius 2 is 0.702 bits per heavy atom. The number of nitrogens with one attached hydrogen (secondary N) is 6. The summed E-state index contributed by atoms with van der Waals surface area (Å²) in [6, 6.07) is 0.521. The largest absolute Gasteiger partial charge is 0.380 e. The normalized spacial score (nSPS) is 17.1. The third-order valence-electron chi connectivity index (χ3n) is 21.4. The number of imide groups is 3. The van der Waals surface area contributed by atoms with Crippen molar-refractivity contribution in [3.63, 3.8) is 0 Å². The van der Waals surface area contributed by atoms with Crippen LogP contribution < -0.4 is 31.9 Å². The van der Waals surface area contributed by atoms with Gasteiger partial charge in [-0.1, -0.05) is 267 Å². The van der Waals surface area contributed by atoms with E-state index in [1.807, 2.05) is 18.7 Å². The van der Waals surface area contributed by atoms with E-state index in [0.717, 1.165) is 107 Å². The molecule has 0 aromatic carbocycles. The predicted octanol–water partition coefficient (Wildman–Crippen LogP) is 19.5. The van der Waals surface area contributed by atoms with Crippen LogP contribution in [0.5, 0.6) is 0 Å². The van der Waals surface area contributed by atoms with Crippen molar-refractivity contribution in [2.24, 2.45) is 0 Å². The summed E-state index contributed by atoms with van der Waals surface area (Å²) in [6.07, 6.45) is 61.4. The van der Waals surface area contributed by atoms with Gasteiger partial charge in [0.1, 0.15) is 6.61 Å². The Labute approximate surface area is 774 Å². The Kier molecular flexibility index (Phi) is 79.7. The number of hydrogen-bond donors (Lipinski definition) is 6. The lowest BCUT2D eigenvalue weighted by atomic mass is 10.1. The molecule has 5 atom stereocenters. The number of thioether (sulfide) groups is 5. The van der Waals surface area contributed by atoms with Crippen LogP contribution in [0, 0.1) is 0 Å². The molecule has 5 aliphatic heterocycles. The van der Waals surface area contributed by atoms with Crippen molar-refractivity contribution < 1.29 is 62.2 Å². The van der Waals surface area contributed by atoms with Crippen LogP contribution in [0.2, 0.25) is 0 Å². The van der Waals surface area contributed by atoms with E-state index in [0.29, 0.717) is 71.4 Å². The highest BCUT2D eigenvalue weighted by molar-refractivity contribution is 8.01. The molecule has 0 aliphatic carbocycles. The van der Waals surface area contributed by atoms with E-state index in [1.165, 1.54) is 217 Å². The van der Waals surface area contributed by atoms with Gasteiger partial charge in [-0.3, -0.25) is 62.6 Å². The molecule has 6 N–H and O–H groups in total. The fourth-order valence-corrected chi connectivity index (χ4v) is 19.2. The van der Waals surface area contributed by atoms with Gasteiger partial charge in [0.05, 0.1) is 60.8 Å². The van der Waals surface area contributed by atoms with E-state index < -0.39 is 0 Å². The lowest BCUT2D eigenvalue weighted by Crippen LogP contribution is -2.35. The first-order chi connectivity index (χ1) is 60.4. The quantitative estimate of drug-likeness (QED) is 0.0244. The number of carbonyl (C=O) groups excluding carboxylic acids is 10. The topological polar surface area (TPSA) is 280 Å². The summed E-state index contributed by atoms with van der Waals surface area (Å²) in [5.41, 5.74) is 2.64. The average molecular weight is 1840 g/mol. The molecule has 3 fully saturated rings. The van der Waals surface area contributed by atoms with Crippen molar-refractivity contribution in [1.82, 2.24) is 46.6 Å². The summed E-state index contributed by atoms with van der Waals surface area (Å²) >= 11 is 8.95. The van der Waals surface area contributed by atoms with Crippen LogP contribution in [0.1, 0.15) is 352 Å². The maximum absolute atomic E-state index is 12.3. The lowest BCUT2D eigenvalue weighted by molar-refractivity contribution is -0.140. The van der Waals surface area contributed by atoms with Crippen molar-refractivity contribution in [1.29, 1.82) is 0 Å². The van der Waals surface area contributed by atoms with Crippen LogP contribution in [0.15, 0.2) is 47.9 Å². The summed E-state index contributed by atoms with van der Waals surface area (Å²) in [5, 5.41) is 17.6. The van der Waals surface area contributed by atoms with Gasteiger partial charge in [-0.05, 0) is 123 Å². The number of likely N-dealkylation sites (tertiary alicyclic amines) is 3. The number of hydrogen-bond acceptors (Lipinski definition) is 20. The molecule has 10 amide bonds. The second kappa shape index (κ2) is 84.1. The molecule has 5 rings (SSSR count). The second-order valence-electron chi connectivity index (χ2n) is 32.7. The predicted molar refractivity (Wildman–Crippen MR) is 526 cm³/mol. The molecule has 0 aromatic rings. The van der Waals surface area contributed by atoms with Crippen LogP contribution in [-0.2, 0) is 62.2 Å². The lowest BCUT2D eigenvalue weighted by Gasteiger charge is -2.21. The SMILES string of the molecule is CCCCCCCOCC1C=CC=C(CCSCCCCCCC)N1.CCCCCCCSC1CC(=O)N(CCC(=O)NCCCC)C1=O.CCCCCCCSC1CC(=O)N(CCC(=O)NCCCCC)C1=O.CCCCCCCSC1CC(=O)N(CCOCCNC(=O)CC)C1=O.CCCCCCCSCCC1=CC=CC(COCC(=O)NCCC)N1. The highest BCUT2D eigenvalue weighted by Gasteiger charge is 2.41. The molecule has 0 bridgehead atoms. The van der Waals surface area contributed by atoms with Crippen molar-refractivity contribution >= 4 is 118 Å². The smallest absolute Gasteiger partial charge is 0.245 e. The maximum Gasteiger partial charge on any atom is 0.245 e. The Morgan fingerprint density at radius 3 is 1.10 bits per heavy atom. The Morgan fingerprint density at radius 1 is 0.347 bits per heavy atom. The third kappa shape index (κ3) is 63.5. The molecule has 3 saturated heterocycles. The van der Waals surface area contributed by atoms with Gasteiger partial charge in [-0.2, -0.15) is 23.5 Å². The van der Waals surface area contributed by atoms with Crippen molar-refractivity contribution in [3.8, 4) is 0 Å². The monoisotopic (exact) mass is 1830 g/mol. The molecule has 0 radical (unpaired) electrons. The third-order valence-corrected chi connectivity index (χ3v) is 27.4. The standard InChI is InChI=1S/C22H41NOS.C20H36N2O2S.C19H34N2O3S.C18H32N2O4S.C18H32N2O3S/c1-3-5-7-9-11-17-24-20-22-15-13-14-21(23-22)16-19-25-18-12-10-8-6-4-2;1-3-5-6-7-8-14-25-15-12-18-10-9-11-19(22-18)16-24-17-20(23)21-13-4-2;1-3-5-7-8-10-14-25-16-15-18(23)21(19(16)24)13-11-17(22)20-12-9-6-4-2;1-3-5-6-7-8-13-25-15-14-17(22)20(18(15)23)10-12-24-11-9-19-16(21)4-2;1-3-5-7-8-9-13-24-15-14-17(22)20(18(15)23)12-10-16(21)19-11-6-4-2/h13-15,22-23H,3-12,16-20H2,1-2H3;9-11,19,22H,3-8,12-17H2,1-2H3,(H,21,23);16H,3-15H2,1-2H3,(H,20,22);15H,3-14H2,1-2H3,(H,19,21);15H,3-14H2,1-2H3,(H,19,21). The number of unbranched alkanes of at least 4 members (excludes halogenated alkanes) is 27. The molecule has 0 aromatic heterocycles. The number of amides is 10. The van der Waals surface area contributed by atoms with Gasteiger partial charge in [-0.15, -0.1) is 35.3 Å². The minimum atomic E-state index is -0.244. The molecule has 0 saturated carbocycles. The number of rotatable bonds is 73. The number of allylic oxidation sites excluding steroid dienone is 6. The van der Waals surface area contributed by atoms with E-state index in [-0.39, 0.29) is 126 Å². The number of dihydropyridines is 2. The van der Waals surface area contributed by atoms with Crippen molar-refractivity contribution in [2.75, 3.05) is 126 Å². The molecule has 22 nitrogen and oxygen atoms in total. The zero-order valence-corrected chi connectivity index (χ0v) is 83.4. The zero-order chi connectivity index (χ0) is 90.9. The zero-order valence-electron chi connectivity index (χ0n) is 79.3. The molecule has 124 heavy (non-hydrogen) atoms. The molecular formula is C97H175N9O13S5. The van der Waals surface area contributed by atoms with Crippen LogP contribution >= 0.6 is 58.8 Å². The highest BCUT2D eigenvalue weighted by atomic mass is 32.2. The van der Waals surface area contributed by atoms with Crippen LogP contribution in [0.25, 0.3) is 0 Å². The minimum absolute atomic E-state index is 0.0111. The van der Waals surface area contributed by atoms with Crippen LogP contribution in [-0.4, -0.2) is 227 Å². The molecular weight excluding hydrogens is 1660 g/mol. The van der Waals surface area contributed by atoms with E-state index >= 15 is 0 Å². The first kappa shape index (κ1) is 117. The van der Waals surface area contributed by atoms with Gasteiger partial charge in [-0.25, -0.2) is 0 Å². The molecule has 27 heteroatoms. The Balaban J connectivity index is 0.000000775. The number of nitrogens with zero attached hydrogens (tertiary/aromatic N) is 3. The molecule has 5 aliphatic rings. The summed E-state index contributed by atoms with van der Waals surface area (Å²) in [6.45, 7) is 27.7. The fourth-order valence-electron chi connectivity index (χ4n) is 13.7. The van der Waals surface area contributed by atoms with Gasteiger partial charge in [0, 0.05) is 95.8 Å². The summed E-state index contributed by atoms with van der Waals surface area (Å²) in [4.78, 5) is 123. The number of ether oxygens (including phenoxy) is 3. The van der Waals surface area contributed by atoms with Crippen molar-refractivity contribution in [2.45, 2.75) is 380 Å². The highest BCUT2D eigenvalue weighted by Crippen LogP contribution is 2.30. The molecule has 5 unspecified atom stereocenters. The maximum atomic E-state index is 12.3. The molecule has 5 heterocycles. The Bertz CT molecular complexity index is 2910.